The average Bonchev–Trinajstić information content (AvgIpc) is 3.34. The van der Waals surface area contributed by atoms with Crippen molar-refractivity contribution in [2.45, 2.75) is 32.9 Å². The maximum atomic E-state index is 12.1. The molecule has 1 aromatic heterocycles. The van der Waals surface area contributed by atoms with Crippen LogP contribution < -0.4 is 10.6 Å². The molecule has 0 bridgehead atoms. The minimum atomic E-state index is 0.0344. The second-order valence-corrected chi connectivity index (χ2v) is 7.04. The van der Waals surface area contributed by atoms with Crippen LogP contribution >= 0.6 is 0 Å². The fourth-order valence-electron chi connectivity index (χ4n) is 3.14. The third-order valence-electron chi connectivity index (χ3n) is 4.61. The predicted octanol–water partition coefficient (Wildman–Crippen LogP) is 2.26. The van der Waals surface area contributed by atoms with Crippen molar-refractivity contribution in [1.82, 2.24) is 20.7 Å². The van der Waals surface area contributed by atoms with Crippen LogP contribution in [0.2, 0.25) is 0 Å². The van der Waals surface area contributed by atoms with Gasteiger partial charge in [-0.05, 0) is 6.42 Å². The number of nitrogens with one attached hydrogen (secondary N) is 2. The molecule has 1 aliphatic heterocycles. The van der Waals surface area contributed by atoms with Gasteiger partial charge in [0.25, 0.3) is 0 Å². The van der Waals surface area contributed by atoms with Crippen molar-refractivity contribution in [3.05, 3.63) is 42.1 Å². The van der Waals surface area contributed by atoms with E-state index in [0.717, 1.165) is 30.0 Å². The standard InChI is InChI=1S/C20H27N5O2/c1-14(2)19(26)25-10-9-16(13-25)23-20(21-3)22-12-17-11-18(27-24-17)15-7-5-4-6-8-15/h4-8,11,14,16H,9-10,12-13H2,1-3H3,(H2,21,22,23). The fraction of sp³-hybridized carbons (Fsp3) is 0.450. The predicted molar refractivity (Wildman–Crippen MR) is 105 cm³/mol. The first kappa shape index (κ1) is 18.9. The topological polar surface area (TPSA) is 82.8 Å². The molecular weight excluding hydrogens is 342 g/mol. The summed E-state index contributed by atoms with van der Waals surface area (Å²) in [6, 6.07) is 12.0. The summed E-state index contributed by atoms with van der Waals surface area (Å²) in [5.74, 6) is 1.68. The Labute approximate surface area is 159 Å². The lowest BCUT2D eigenvalue weighted by Crippen LogP contribution is -2.45. The monoisotopic (exact) mass is 369 g/mol. The van der Waals surface area contributed by atoms with Crippen molar-refractivity contribution in [2.24, 2.45) is 10.9 Å². The molecule has 2 N–H and O–H groups in total. The molecule has 2 heterocycles. The van der Waals surface area contributed by atoms with Crippen molar-refractivity contribution in [1.29, 1.82) is 0 Å². The summed E-state index contributed by atoms with van der Waals surface area (Å²) < 4.78 is 5.42. The van der Waals surface area contributed by atoms with Crippen molar-refractivity contribution in [3.8, 4) is 11.3 Å². The van der Waals surface area contributed by atoms with Gasteiger partial charge in [0.15, 0.2) is 11.7 Å². The van der Waals surface area contributed by atoms with Crippen LogP contribution in [0, 0.1) is 5.92 Å². The summed E-state index contributed by atoms with van der Waals surface area (Å²) >= 11 is 0. The van der Waals surface area contributed by atoms with E-state index in [9.17, 15) is 4.79 Å². The van der Waals surface area contributed by atoms with Gasteiger partial charge in [-0.2, -0.15) is 0 Å². The number of aromatic nitrogens is 1. The number of hydrogen-bond acceptors (Lipinski definition) is 4. The maximum Gasteiger partial charge on any atom is 0.225 e. The zero-order chi connectivity index (χ0) is 19.2. The molecule has 144 valence electrons. The zero-order valence-corrected chi connectivity index (χ0v) is 16.1. The lowest BCUT2D eigenvalue weighted by molar-refractivity contribution is -0.133. The summed E-state index contributed by atoms with van der Waals surface area (Å²) in [6.07, 6.45) is 0.918. The Morgan fingerprint density at radius 1 is 1.37 bits per heavy atom. The second kappa shape index (κ2) is 8.70. The Hall–Kier alpha value is -2.83. The number of benzene rings is 1. The van der Waals surface area contributed by atoms with E-state index in [0.29, 0.717) is 19.0 Å². The highest BCUT2D eigenvalue weighted by Gasteiger charge is 2.27. The van der Waals surface area contributed by atoms with Crippen LogP contribution in [0.5, 0.6) is 0 Å². The summed E-state index contributed by atoms with van der Waals surface area (Å²) in [7, 11) is 1.74. The number of aliphatic imine (C=N–C) groups is 1. The van der Waals surface area contributed by atoms with Crippen LogP contribution in [0.15, 0.2) is 45.9 Å². The number of carbonyl (C=O) groups is 1. The minimum Gasteiger partial charge on any atom is -0.356 e. The molecule has 1 amide bonds. The molecule has 3 rings (SSSR count). The molecule has 0 aliphatic carbocycles. The van der Waals surface area contributed by atoms with E-state index in [2.05, 4.69) is 20.8 Å². The van der Waals surface area contributed by atoms with Crippen LogP contribution in [-0.4, -0.2) is 48.1 Å². The number of carbonyl (C=O) groups excluding carboxylic acids is 1. The van der Waals surface area contributed by atoms with Gasteiger partial charge in [0, 0.05) is 43.7 Å². The molecule has 1 aliphatic rings. The number of amides is 1. The average molecular weight is 369 g/mol. The molecule has 0 saturated carbocycles. The summed E-state index contributed by atoms with van der Waals surface area (Å²) in [5, 5.41) is 10.8. The van der Waals surface area contributed by atoms with Gasteiger partial charge in [-0.15, -0.1) is 0 Å². The first-order valence-corrected chi connectivity index (χ1v) is 9.34. The van der Waals surface area contributed by atoms with Crippen molar-refractivity contribution < 1.29 is 9.32 Å². The molecule has 1 atom stereocenters. The van der Waals surface area contributed by atoms with Gasteiger partial charge in [0.1, 0.15) is 5.69 Å². The third kappa shape index (κ3) is 4.87. The zero-order valence-electron chi connectivity index (χ0n) is 16.1. The Bertz CT molecular complexity index is 785. The number of hydrogen-bond donors (Lipinski definition) is 2. The molecule has 1 unspecified atom stereocenters. The van der Waals surface area contributed by atoms with E-state index in [1.54, 1.807) is 7.05 Å². The molecule has 2 aromatic rings. The van der Waals surface area contributed by atoms with E-state index in [1.165, 1.54) is 0 Å². The van der Waals surface area contributed by atoms with Gasteiger partial charge < -0.3 is 20.1 Å². The van der Waals surface area contributed by atoms with Gasteiger partial charge in [0.2, 0.25) is 5.91 Å². The SMILES string of the molecule is CN=C(NCc1cc(-c2ccccc2)on1)NC1CCN(C(=O)C(C)C)C1. The Morgan fingerprint density at radius 2 is 2.15 bits per heavy atom. The number of likely N-dealkylation sites (tertiary alicyclic amines) is 1. The Balaban J connectivity index is 1.50. The van der Waals surface area contributed by atoms with Gasteiger partial charge in [0.05, 0.1) is 6.54 Å². The molecule has 1 saturated heterocycles. The van der Waals surface area contributed by atoms with E-state index >= 15 is 0 Å². The van der Waals surface area contributed by atoms with Crippen LogP contribution in [0.3, 0.4) is 0 Å². The van der Waals surface area contributed by atoms with Crippen LogP contribution in [-0.2, 0) is 11.3 Å². The summed E-state index contributed by atoms with van der Waals surface area (Å²) in [5.41, 5.74) is 1.81. The molecule has 27 heavy (non-hydrogen) atoms. The van der Waals surface area contributed by atoms with Crippen molar-refractivity contribution in [2.75, 3.05) is 20.1 Å². The third-order valence-corrected chi connectivity index (χ3v) is 4.61. The molecule has 0 spiro atoms. The number of nitrogens with zero attached hydrogens (tertiary/aromatic N) is 3. The van der Waals surface area contributed by atoms with Crippen LogP contribution in [0.25, 0.3) is 11.3 Å². The van der Waals surface area contributed by atoms with Crippen molar-refractivity contribution in [3.63, 3.8) is 0 Å². The van der Waals surface area contributed by atoms with E-state index in [4.69, 9.17) is 4.52 Å². The normalized spacial score (nSPS) is 17.4. The van der Waals surface area contributed by atoms with Gasteiger partial charge in [-0.3, -0.25) is 9.79 Å². The Morgan fingerprint density at radius 3 is 2.85 bits per heavy atom. The maximum absolute atomic E-state index is 12.1. The smallest absolute Gasteiger partial charge is 0.225 e. The first-order valence-electron chi connectivity index (χ1n) is 9.34. The molecule has 1 aromatic carbocycles. The molecule has 7 nitrogen and oxygen atoms in total. The van der Waals surface area contributed by atoms with Gasteiger partial charge in [-0.25, -0.2) is 0 Å². The summed E-state index contributed by atoms with van der Waals surface area (Å²) in [6.45, 7) is 5.88. The molecular formula is C20H27N5O2. The number of guanidine groups is 1. The minimum absolute atomic E-state index is 0.0344. The Kier molecular flexibility index (Phi) is 6.11. The van der Waals surface area contributed by atoms with Crippen molar-refractivity contribution >= 4 is 11.9 Å². The molecule has 0 radical (unpaired) electrons. The first-order chi connectivity index (χ1) is 13.1. The van der Waals surface area contributed by atoms with Crippen LogP contribution in [0.4, 0.5) is 0 Å². The molecule has 7 heteroatoms. The lowest BCUT2D eigenvalue weighted by Gasteiger charge is -2.20. The quantitative estimate of drug-likeness (QED) is 0.624. The van der Waals surface area contributed by atoms with E-state index in [1.807, 2.05) is 55.1 Å². The van der Waals surface area contributed by atoms with Gasteiger partial charge in [-0.1, -0.05) is 49.3 Å². The molecule has 1 fully saturated rings. The highest BCUT2D eigenvalue weighted by atomic mass is 16.5. The highest BCUT2D eigenvalue weighted by molar-refractivity contribution is 5.81. The second-order valence-electron chi connectivity index (χ2n) is 7.04. The highest BCUT2D eigenvalue weighted by Crippen LogP contribution is 2.19. The van der Waals surface area contributed by atoms with Gasteiger partial charge >= 0.3 is 0 Å². The lowest BCUT2D eigenvalue weighted by atomic mass is 10.2. The van der Waals surface area contributed by atoms with E-state index < -0.39 is 0 Å². The van der Waals surface area contributed by atoms with Crippen LogP contribution in [0.1, 0.15) is 26.0 Å². The fourth-order valence-corrected chi connectivity index (χ4v) is 3.14. The number of rotatable bonds is 5. The largest absolute Gasteiger partial charge is 0.356 e. The summed E-state index contributed by atoms with van der Waals surface area (Å²) in [4.78, 5) is 18.3. The van der Waals surface area contributed by atoms with E-state index in [-0.39, 0.29) is 17.9 Å².